The van der Waals surface area contributed by atoms with Crippen LogP contribution in [0.5, 0.6) is 0 Å². The van der Waals surface area contributed by atoms with E-state index in [1.165, 1.54) is 6.33 Å². The molecule has 0 aliphatic rings. The summed E-state index contributed by atoms with van der Waals surface area (Å²) in [4.78, 5) is 13.1. The van der Waals surface area contributed by atoms with E-state index in [0.29, 0.717) is 22.6 Å². The SMILES string of the molecule is [B]c1ncnc2c1nc(C(/C=C\C)=C/C=C)n2C(/C=C\C)=C/C=C. The van der Waals surface area contributed by atoms with E-state index in [-0.39, 0.29) is 0 Å². The molecule has 0 spiro atoms. The Hall–Kier alpha value is -2.95. The predicted molar refractivity (Wildman–Crippen MR) is 103 cm³/mol. The highest BCUT2D eigenvalue weighted by atomic mass is 15.1. The van der Waals surface area contributed by atoms with Crippen LogP contribution in [-0.4, -0.2) is 27.4 Å². The third kappa shape index (κ3) is 3.35. The summed E-state index contributed by atoms with van der Waals surface area (Å²) >= 11 is 0. The van der Waals surface area contributed by atoms with Gasteiger partial charge in [-0.3, -0.25) is 9.55 Å². The van der Waals surface area contributed by atoms with Gasteiger partial charge < -0.3 is 0 Å². The number of aromatic nitrogens is 4. The molecule has 2 radical (unpaired) electrons. The van der Waals surface area contributed by atoms with Gasteiger partial charge in [-0.15, -0.1) is 0 Å². The molecular weight excluding hydrogens is 295 g/mol. The summed E-state index contributed by atoms with van der Waals surface area (Å²) in [6, 6.07) is 0. The molecule has 0 aromatic carbocycles. The van der Waals surface area contributed by atoms with Crippen LogP contribution in [0, 0.1) is 0 Å². The summed E-state index contributed by atoms with van der Waals surface area (Å²) in [6.45, 7) is 11.5. The normalized spacial score (nSPS) is 13.2. The molecule has 2 aromatic heterocycles. The van der Waals surface area contributed by atoms with Gasteiger partial charge in [-0.1, -0.05) is 49.6 Å². The monoisotopic (exact) mass is 314 g/mol. The zero-order valence-electron chi connectivity index (χ0n) is 14.0. The molecule has 0 unspecified atom stereocenters. The Kier molecular flexibility index (Phi) is 5.85. The van der Waals surface area contributed by atoms with Gasteiger partial charge in [0.25, 0.3) is 0 Å². The minimum atomic E-state index is 0.344. The van der Waals surface area contributed by atoms with Crippen LogP contribution in [0.1, 0.15) is 19.7 Å². The maximum absolute atomic E-state index is 5.99. The average molecular weight is 314 g/mol. The van der Waals surface area contributed by atoms with Crippen molar-refractivity contribution < 1.29 is 0 Å². The lowest BCUT2D eigenvalue weighted by atomic mass is 10.0. The van der Waals surface area contributed by atoms with Gasteiger partial charge in [-0.25, -0.2) is 9.97 Å². The van der Waals surface area contributed by atoms with Gasteiger partial charge >= 0.3 is 0 Å². The van der Waals surface area contributed by atoms with Crippen LogP contribution in [0.25, 0.3) is 22.4 Å². The molecule has 0 saturated carbocycles. The number of fused-ring (bicyclic) bond motifs is 1. The summed E-state index contributed by atoms with van der Waals surface area (Å²) in [5.41, 5.74) is 3.32. The predicted octanol–water partition coefficient (Wildman–Crippen LogP) is 3.37. The summed E-state index contributed by atoms with van der Waals surface area (Å²) in [5, 5.41) is 0. The first-order valence-electron chi connectivity index (χ1n) is 7.58. The molecule has 2 rings (SSSR count). The molecule has 0 bridgehead atoms. The highest BCUT2D eigenvalue weighted by Gasteiger charge is 2.17. The van der Waals surface area contributed by atoms with E-state index >= 15 is 0 Å². The average Bonchev–Trinajstić information content (AvgIpc) is 2.95. The second-order valence-corrected chi connectivity index (χ2v) is 4.89. The maximum Gasteiger partial charge on any atom is 0.167 e. The summed E-state index contributed by atoms with van der Waals surface area (Å²) in [5.74, 6) is 0.710. The van der Waals surface area contributed by atoms with Crippen molar-refractivity contribution in [3.63, 3.8) is 0 Å². The van der Waals surface area contributed by atoms with Gasteiger partial charge in [0.15, 0.2) is 5.65 Å². The number of hydrogen-bond acceptors (Lipinski definition) is 3. The molecule has 0 atom stereocenters. The van der Waals surface area contributed by atoms with E-state index in [9.17, 15) is 0 Å². The van der Waals surface area contributed by atoms with Crippen molar-refractivity contribution in [1.82, 2.24) is 19.5 Å². The minimum Gasteiger partial charge on any atom is -0.277 e. The Balaban J connectivity index is 2.93. The molecule has 0 N–H and O–H groups in total. The Labute approximate surface area is 143 Å². The van der Waals surface area contributed by atoms with Crippen LogP contribution >= 0.6 is 0 Å². The second-order valence-electron chi connectivity index (χ2n) is 4.89. The van der Waals surface area contributed by atoms with Crippen LogP contribution in [0.15, 0.2) is 68.1 Å². The first-order valence-corrected chi connectivity index (χ1v) is 7.58. The molecule has 0 fully saturated rings. The number of imidazole rings is 1. The molecule has 0 aliphatic heterocycles. The lowest BCUT2D eigenvalue weighted by Crippen LogP contribution is -2.10. The fourth-order valence-corrected chi connectivity index (χ4v) is 2.36. The Morgan fingerprint density at radius 1 is 1.08 bits per heavy atom. The molecule has 4 nitrogen and oxygen atoms in total. The quantitative estimate of drug-likeness (QED) is 0.606. The van der Waals surface area contributed by atoms with E-state index < -0.39 is 0 Å². The van der Waals surface area contributed by atoms with Crippen LogP contribution < -0.4 is 5.59 Å². The summed E-state index contributed by atoms with van der Waals surface area (Å²) < 4.78 is 1.93. The zero-order valence-corrected chi connectivity index (χ0v) is 14.0. The van der Waals surface area contributed by atoms with Gasteiger partial charge in [0.1, 0.15) is 25.5 Å². The van der Waals surface area contributed by atoms with Crippen molar-refractivity contribution >= 4 is 35.9 Å². The topological polar surface area (TPSA) is 43.6 Å². The Bertz CT molecular complexity index is 882. The van der Waals surface area contributed by atoms with Crippen LogP contribution in [-0.2, 0) is 0 Å². The van der Waals surface area contributed by atoms with Crippen molar-refractivity contribution in [2.45, 2.75) is 13.8 Å². The second kappa shape index (κ2) is 8.06. The van der Waals surface area contributed by atoms with Gasteiger partial charge in [-0.2, -0.15) is 0 Å². The molecule has 2 aromatic rings. The largest absolute Gasteiger partial charge is 0.277 e. The third-order valence-corrected chi connectivity index (χ3v) is 3.26. The molecule has 0 amide bonds. The lowest BCUT2D eigenvalue weighted by molar-refractivity contribution is 1.07. The summed E-state index contributed by atoms with van der Waals surface area (Å²) in [6.07, 6.45) is 16.5. The van der Waals surface area contributed by atoms with Gasteiger partial charge in [-0.05, 0) is 26.0 Å². The van der Waals surface area contributed by atoms with Crippen LogP contribution in [0.4, 0.5) is 0 Å². The first kappa shape index (κ1) is 17.4. The molecule has 0 saturated heterocycles. The molecule has 24 heavy (non-hydrogen) atoms. The van der Waals surface area contributed by atoms with Crippen molar-refractivity contribution in [3.8, 4) is 0 Å². The molecular formula is C19H19BN4. The number of rotatable bonds is 6. The van der Waals surface area contributed by atoms with E-state index in [2.05, 4.69) is 28.1 Å². The van der Waals surface area contributed by atoms with Crippen molar-refractivity contribution in [2.75, 3.05) is 0 Å². The Morgan fingerprint density at radius 2 is 1.79 bits per heavy atom. The van der Waals surface area contributed by atoms with E-state index in [1.807, 2.05) is 54.9 Å². The van der Waals surface area contributed by atoms with Crippen molar-refractivity contribution in [3.05, 3.63) is 73.9 Å². The van der Waals surface area contributed by atoms with E-state index in [1.54, 1.807) is 12.2 Å². The lowest BCUT2D eigenvalue weighted by Gasteiger charge is -2.10. The van der Waals surface area contributed by atoms with Gasteiger partial charge in [0.05, 0.1) is 0 Å². The molecule has 2 heterocycles. The van der Waals surface area contributed by atoms with Crippen molar-refractivity contribution in [1.29, 1.82) is 0 Å². The van der Waals surface area contributed by atoms with Crippen LogP contribution in [0.3, 0.4) is 0 Å². The Morgan fingerprint density at radius 3 is 2.42 bits per heavy atom. The molecule has 5 heteroatoms. The van der Waals surface area contributed by atoms with Gasteiger partial charge in [0.2, 0.25) is 0 Å². The zero-order chi connectivity index (χ0) is 17.5. The molecule has 0 aliphatic carbocycles. The highest BCUT2D eigenvalue weighted by molar-refractivity contribution is 6.36. The van der Waals surface area contributed by atoms with E-state index in [4.69, 9.17) is 7.85 Å². The van der Waals surface area contributed by atoms with Crippen molar-refractivity contribution in [2.24, 2.45) is 0 Å². The number of hydrogen-bond donors (Lipinski definition) is 0. The third-order valence-electron chi connectivity index (χ3n) is 3.26. The fourth-order valence-electron chi connectivity index (χ4n) is 2.36. The smallest absolute Gasteiger partial charge is 0.167 e. The van der Waals surface area contributed by atoms with Crippen LogP contribution in [0.2, 0.25) is 0 Å². The van der Waals surface area contributed by atoms with E-state index in [0.717, 1.165) is 11.3 Å². The fraction of sp³-hybridized carbons (Fsp3) is 0.105. The number of nitrogens with zero attached hydrogens (tertiary/aromatic N) is 4. The summed E-state index contributed by atoms with van der Waals surface area (Å²) in [7, 11) is 5.99. The number of allylic oxidation sites excluding steroid dienone is 10. The standard InChI is InChI=1S/C19H19BN4/c1-5-9-14(10-6-2)18-23-16-17(20)21-13-22-19(16)24(18)15(11-7-3)12-8-4/h5-13H,1,3H2,2,4H3/b10-6-,12-8-,14-9+,15-11+. The minimum absolute atomic E-state index is 0.344. The maximum atomic E-state index is 5.99. The molecule has 118 valence electrons. The highest BCUT2D eigenvalue weighted by Crippen LogP contribution is 2.25. The first-order chi connectivity index (χ1) is 11.7. The van der Waals surface area contributed by atoms with Gasteiger partial charge in [0, 0.05) is 16.9 Å².